The van der Waals surface area contributed by atoms with Crippen molar-refractivity contribution in [3.8, 4) is 23.2 Å². The minimum atomic E-state index is -1.22. The van der Waals surface area contributed by atoms with E-state index in [1.807, 2.05) is 24.3 Å². The quantitative estimate of drug-likeness (QED) is 0.267. The summed E-state index contributed by atoms with van der Waals surface area (Å²) in [6, 6.07) is 13.1. The van der Waals surface area contributed by atoms with Crippen molar-refractivity contribution in [2.75, 3.05) is 39.8 Å². The Morgan fingerprint density at radius 2 is 2.07 bits per heavy atom. The first-order valence-electron chi connectivity index (χ1n) is 15.5. The summed E-state index contributed by atoms with van der Waals surface area (Å²) in [6.07, 6.45) is 3.12. The second-order valence-corrected chi connectivity index (χ2v) is 13.4. The molecule has 2 aromatic carbocycles. The SMILES string of the molecule is CN1CCC[C@H]1COc1nc(C2(CC#N)CNCCN2C(=O)OC(C)(C)C)c2ncc(-c3cccc4ccc(F)c(Cl)c34)cc2n1. The van der Waals surface area contributed by atoms with E-state index in [0.29, 0.717) is 52.9 Å². The molecule has 2 atom stereocenters. The number of pyridine rings is 1. The van der Waals surface area contributed by atoms with Crippen LogP contribution in [0.3, 0.4) is 0 Å². The normalized spacial score (nSPS) is 20.6. The molecule has 1 N–H and O–H groups in total. The Labute approximate surface area is 272 Å². The van der Waals surface area contributed by atoms with Crippen molar-refractivity contribution in [3.05, 3.63) is 59.1 Å². The fourth-order valence-corrected chi connectivity index (χ4v) is 6.68. The predicted molar refractivity (Wildman–Crippen MR) is 174 cm³/mol. The summed E-state index contributed by atoms with van der Waals surface area (Å²) < 4.78 is 26.7. The number of likely N-dealkylation sites (N-methyl/N-ethyl adjacent to an activating group) is 1. The molecule has 4 heterocycles. The molecule has 2 aromatic heterocycles. The van der Waals surface area contributed by atoms with Gasteiger partial charge in [0.25, 0.3) is 0 Å². The van der Waals surface area contributed by atoms with Crippen LogP contribution in [0.4, 0.5) is 9.18 Å². The first-order chi connectivity index (χ1) is 22.0. The molecule has 12 heteroatoms. The monoisotopic (exact) mass is 645 g/mol. The molecule has 2 aliphatic rings. The number of nitrogens with zero attached hydrogens (tertiary/aromatic N) is 6. The Morgan fingerprint density at radius 1 is 1.24 bits per heavy atom. The van der Waals surface area contributed by atoms with Gasteiger partial charge in [-0.05, 0) is 70.3 Å². The van der Waals surface area contributed by atoms with Gasteiger partial charge >= 0.3 is 12.1 Å². The lowest BCUT2D eigenvalue weighted by Crippen LogP contribution is -2.62. The number of carbonyl (C=O) groups is 1. The molecular weight excluding hydrogens is 609 g/mol. The number of piperazine rings is 1. The molecule has 0 bridgehead atoms. The number of nitriles is 1. The van der Waals surface area contributed by atoms with Crippen LogP contribution in [-0.2, 0) is 10.3 Å². The predicted octanol–water partition coefficient (Wildman–Crippen LogP) is 6.06. The third-order valence-electron chi connectivity index (χ3n) is 8.71. The molecule has 240 valence electrons. The Kier molecular flexibility index (Phi) is 8.72. The van der Waals surface area contributed by atoms with E-state index >= 15 is 0 Å². The average Bonchev–Trinajstić information content (AvgIpc) is 3.44. The Bertz CT molecular complexity index is 1840. The molecule has 1 amide bonds. The van der Waals surface area contributed by atoms with Crippen molar-refractivity contribution in [1.29, 1.82) is 5.26 Å². The summed E-state index contributed by atoms with van der Waals surface area (Å²) in [5, 5.41) is 14.9. The third-order valence-corrected chi connectivity index (χ3v) is 9.08. The number of aromatic nitrogens is 3. The van der Waals surface area contributed by atoms with Gasteiger partial charge in [0.2, 0.25) is 0 Å². The van der Waals surface area contributed by atoms with Crippen LogP contribution >= 0.6 is 11.6 Å². The fraction of sp³-hybridized carbons (Fsp3) is 0.441. The van der Waals surface area contributed by atoms with Gasteiger partial charge in [0.1, 0.15) is 34.8 Å². The Morgan fingerprint density at radius 3 is 2.80 bits per heavy atom. The molecule has 2 saturated heterocycles. The lowest BCUT2D eigenvalue weighted by molar-refractivity contribution is -0.0129. The van der Waals surface area contributed by atoms with E-state index in [2.05, 4.69) is 23.3 Å². The van der Waals surface area contributed by atoms with Crippen LogP contribution in [0.15, 0.2) is 42.6 Å². The number of ether oxygens (including phenoxy) is 2. The summed E-state index contributed by atoms with van der Waals surface area (Å²) in [5.74, 6) is -0.516. The van der Waals surface area contributed by atoms with Gasteiger partial charge in [-0.15, -0.1) is 0 Å². The smallest absolute Gasteiger partial charge is 0.411 e. The van der Waals surface area contributed by atoms with Gasteiger partial charge in [0, 0.05) is 42.8 Å². The molecule has 4 aromatic rings. The molecular formula is C34H37ClFN7O3. The van der Waals surface area contributed by atoms with Crippen molar-refractivity contribution in [3.63, 3.8) is 0 Å². The van der Waals surface area contributed by atoms with E-state index in [4.69, 9.17) is 36.0 Å². The standard InChI is InChI=1S/C34H37ClFN7O3/c1-33(2,3)46-32(44)43-16-14-38-20-34(43,12-13-37)30-29-26(40-31(41-30)45-19-23-8-6-15-42(23)4)17-22(18-39-29)24-9-5-7-21-10-11-25(36)28(35)27(21)24/h5,7,9-11,17-18,23,38H,6,8,12,14-16,19-20H2,1-4H3/t23-,34?/m0/s1. The van der Waals surface area contributed by atoms with Gasteiger partial charge in [-0.25, -0.2) is 9.18 Å². The number of rotatable bonds is 6. The Balaban J connectivity index is 1.54. The number of benzene rings is 2. The van der Waals surface area contributed by atoms with Gasteiger partial charge in [-0.2, -0.15) is 15.2 Å². The van der Waals surface area contributed by atoms with Crippen molar-refractivity contribution in [2.45, 2.75) is 57.2 Å². The number of hydrogen-bond acceptors (Lipinski definition) is 9. The first-order valence-corrected chi connectivity index (χ1v) is 15.9. The number of carbonyl (C=O) groups excluding carboxylic acids is 1. The lowest BCUT2D eigenvalue weighted by atomic mass is 9.86. The number of halogens is 2. The minimum absolute atomic E-state index is 0.0236. The lowest BCUT2D eigenvalue weighted by Gasteiger charge is -2.45. The number of likely N-dealkylation sites (tertiary alicyclic amines) is 1. The van der Waals surface area contributed by atoms with Gasteiger partial charge in [-0.3, -0.25) is 9.88 Å². The van der Waals surface area contributed by atoms with Crippen LogP contribution in [0.1, 0.15) is 45.7 Å². The van der Waals surface area contributed by atoms with Crippen molar-refractivity contribution in [2.24, 2.45) is 0 Å². The van der Waals surface area contributed by atoms with E-state index in [-0.39, 0.29) is 30.0 Å². The maximum Gasteiger partial charge on any atom is 0.411 e. The van der Waals surface area contributed by atoms with Gasteiger partial charge in [-0.1, -0.05) is 35.9 Å². The molecule has 0 aliphatic carbocycles. The largest absolute Gasteiger partial charge is 0.462 e. The van der Waals surface area contributed by atoms with Crippen LogP contribution in [-0.4, -0.2) is 82.3 Å². The molecule has 0 saturated carbocycles. The molecule has 10 nitrogen and oxygen atoms in total. The highest BCUT2D eigenvalue weighted by Crippen LogP contribution is 2.40. The summed E-state index contributed by atoms with van der Waals surface area (Å²) >= 11 is 6.48. The highest BCUT2D eigenvalue weighted by atomic mass is 35.5. The van der Waals surface area contributed by atoms with E-state index in [9.17, 15) is 14.4 Å². The van der Waals surface area contributed by atoms with Crippen molar-refractivity contribution < 1.29 is 18.7 Å². The Hall–Kier alpha value is -4.11. The summed E-state index contributed by atoms with van der Waals surface area (Å²) in [5.41, 5.74) is 0.638. The number of nitrogens with one attached hydrogen (secondary N) is 1. The summed E-state index contributed by atoms with van der Waals surface area (Å²) in [4.78, 5) is 32.0. The van der Waals surface area contributed by atoms with E-state index in [1.165, 1.54) is 6.07 Å². The number of hydrogen-bond donors (Lipinski definition) is 1. The molecule has 6 rings (SSSR count). The number of fused-ring (bicyclic) bond motifs is 2. The fourth-order valence-electron chi connectivity index (χ4n) is 6.41. The van der Waals surface area contributed by atoms with Gasteiger partial charge in [0.05, 0.1) is 23.0 Å². The summed E-state index contributed by atoms with van der Waals surface area (Å²) in [6.45, 7) is 7.84. The minimum Gasteiger partial charge on any atom is -0.462 e. The van der Waals surface area contributed by atoms with Crippen LogP contribution in [0.25, 0.3) is 32.9 Å². The maximum atomic E-state index is 14.6. The summed E-state index contributed by atoms with van der Waals surface area (Å²) in [7, 11) is 2.07. The van der Waals surface area contributed by atoms with E-state index < -0.39 is 23.1 Å². The first kappa shape index (κ1) is 31.9. The van der Waals surface area contributed by atoms with Crippen molar-refractivity contribution in [1.82, 2.24) is 30.1 Å². The third kappa shape index (κ3) is 6.05. The average molecular weight is 646 g/mol. The van der Waals surface area contributed by atoms with Crippen LogP contribution in [0.5, 0.6) is 6.01 Å². The maximum absolute atomic E-state index is 14.6. The molecule has 1 unspecified atom stereocenters. The molecule has 0 radical (unpaired) electrons. The zero-order valence-electron chi connectivity index (χ0n) is 26.4. The molecule has 46 heavy (non-hydrogen) atoms. The highest BCUT2D eigenvalue weighted by Gasteiger charge is 2.48. The zero-order valence-corrected chi connectivity index (χ0v) is 27.2. The second-order valence-electron chi connectivity index (χ2n) is 13.0. The molecule has 2 fully saturated rings. The molecule has 2 aliphatic heterocycles. The van der Waals surface area contributed by atoms with Crippen molar-refractivity contribution >= 4 is 39.5 Å². The van der Waals surface area contributed by atoms with Crippen LogP contribution in [0.2, 0.25) is 5.02 Å². The topological polar surface area (TPSA) is 117 Å². The van der Waals surface area contributed by atoms with Gasteiger partial charge in [0.15, 0.2) is 0 Å². The van der Waals surface area contributed by atoms with E-state index in [0.717, 1.165) is 24.8 Å². The van der Waals surface area contributed by atoms with Crippen LogP contribution in [0, 0.1) is 17.1 Å². The second kappa shape index (κ2) is 12.6. The van der Waals surface area contributed by atoms with Gasteiger partial charge < -0.3 is 19.7 Å². The zero-order chi connectivity index (χ0) is 32.6. The van der Waals surface area contributed by atoms with Crippen LogP contribution < -0.4 is 10.1 Å². The van der Waals surface area contributed by atoms with E-state index in [1.54, 1.807) is 37.9 Å². The molecule has 0 spiro atoms. The number of amides is 1. The highest BCUT2D eigenvalue weighted by molar-refractivity contribution is 6.36.